The van der Waals surface area contributed by atoms with Crippen LogP contribution in [0, 0.1) is 0 Å². The molecule has 0 spiro atoms. The fraction of sp³-hybridized carbons (Fsp3) is 0.273. The number of carbonyl (C=O) groups excluding carboxylic acids is 2. The van der Waals surface area contributed by atoms with E-state index in [2.05, 4.69) is 15.5 Å². The van der Waals surface area contributed by atoms with Crippen molar-refractivity contribution in [1.29, 1.82) is 0 Å². The highest BCUT2D eigenvalue weighted by Crippen LogP contribution is 2.35. The molecule has 1 unspecified atom stereocenters. The van der Waals surface area contributed by atoms with Gasteiger partial charge in [-0.15, -0.1) is 10.2 Å². The topological polar surface area (TPSA) is 84.4 Å². The summed E-state index contributed by atoms with van der Waals surface area (Å²) in [4.78, 5) is 27.5. The Balaban J connectivity index is 1.44. The summed E-state index contributed by atoms with van der Waals surface area (Å²) < 4.78 is 5.91. The Kier molecular flexibility index (Phi) is 7.29. The van der Waals surface area contributed by atoms with Crippen LogP contribution in [-0.4, -0.2) is 45.8 Å². The molecule has 1 atom stereocenters. The molecule has 1 aliphatic rings. The molecular formula is C22H21ClN4O3S2. The number of aromatic nitrogens is 2. The van der Waals surface area contributed by atoms with Crippen LogP contribution < -0.4 is 10.1 Å². The van der Waals surface area contributed by atoms with Crippen LogP contribution in [0.1, 0.15) is 29.6 Å². The summed E-state index contributed by atoms with van der Waals surface area (Å²) in [5, 5.41) is 12.4. The monoisotopic (exact) mass is 488 g/mol. The van der Waals surface area contributed by atoms with Crippen molar-refractivity contribution in [3.05, 3.63) is 59.1 Å². The summed E-state index contributed by atoms with van der Waals surface area (Å²) >= 11 is 8.65. The van der Waals surface area contributed by atoms with Gasteiger partial charge in [0.2, 0.25) is 11.0 Å². The van der Waals surface area contributed by atoms with Gasteiger partial charge in [0.25, 0.3) is 5.91 Å². The lowest BCUT2D eigenvalue weighted by atomic mass is 10.2. The van der Waals surface area contributed by atoms with Crippen molar-refractivity contribution in [2.24, 2.45) is 0 Å². The second-order valence-electron chi connectivity index (χ2n) is 7.13. The zero-order valence-corrected chi connectivity index (χ0v) is 19.7. The molecule has 1 N–H and O–H groups in total. The first-order valence-electron chi connectivity index (χ1n) is 10.1. The van der Waals surface area contributed by atoms with Crippen LogP contribution in [0.2, 0.25) is 5.02 Å². The Morgan fingerprint density at radius 2 is 2.03 bits per heavy atom. The lowest BCUT2D eigenvalue weighted by molar-refractivity contribution is -0.127. The maximum absolute atomic E-state index is 13.2. The van der Waals surface area contributed by atoms with E-state index in [4.69, 9.17) is 16.3 Å². The van der Waals surface area contributed by atoms with E-state index in [9.17, 15) is 9.59 Å². The molecule has 2 aromatic carbocycles. The van der Waals surface area contributed by atoms with Crippen molar-refractivity contribution in [3.8, 4) is 5.75 Å². The highest BCUT2D eigenvalue weighted by molar-refractivity contribution is 8.02. The second-order valence-corrected chi connectivity index (χ2v) is 10.00. The summed E-state index contributed by atoms with van der Waals surface area (Å²) in [6, 6.07) is 14.1. The number of amides is 2. The summed E-state index contributed by atoms with van der Waals surface area (Å²) in [7, 11) is 1.61. The van der Waals surface area contributed by atoms with E-state index < -0.39 is 0 Å². The first-order chi connectivity index (χ1) is 15.5. The smallest absolute Gasteiger partial charge is 0.260 e. The van der Waals surface area contributed by atoms with Gasteiger partial charge in [-0.3, -0.25) is 14.5 Å². The molecule has 0 saturated carbocycles. The molecule has 4 rings (SSSR count). The molecule has 1 saturated heterocycles. The molecule has 0 radical (unpaired) electrons. The molecule has 1 fully saturated rings. The fourth-order valence-corrected chi connectivity index (χ4v) is 5.57. The van der Waals surface area contributed by atoms with Gasteiger partial charge in [0.05, 0.1) is 12.4 Å². The van der Waals surface area contributed by atoms with E-state index in [1.807, 2.05) is 24.3 Å². The Bertz CT molecular complexity index is 1110. The normalized spacial score (nSPS) is 16.5. The molecule has 10 heteroatoms. The number of likely N-dealkylation sites (tertiary alicyclic amines) is 1. The van der Waals surface area contributed by atoms with Crippen LogP contribution in [0.15, 0.2) is 52.9 Å². The van der Waals surface area contributed by atoms with Crippen molar-refractivity contribution in [2.45, 2.75) is 28.9 Å². The van der Waals surface area contributed by atoms with Crippen LogP contribution in [0.5, 0.6) is 5.75 Å². The average Bonchev–Trinajstić information content (AvgIpc) is 3.16. The van der Waals surface area contributed by atoms with Crippen LogP contribution in [0.25, 0.3) is 0 Å². The number of nitrogens with one attached hydrogen (secondary N) is 1. The molecule has 2 amide bonds. The van der Waals surface area contributed by atoms with E-state index >= 15 is 0 Å². The van der Waals surface area contributed by atoms with E-state index in [0.29, 0.717) is 33.0 Å². The van der Waals surface area contributed by atoms with Crippen molar-refractivity contribution in [1.82, 2.24) is 15.1 Å². The fourth-order valence-electron chi connectivity index (χ4n) is 3.32. The number of imide groups is 1. The predicted octanol–water partition coefficient (Wildman–Crippen LogP) is 5.26. The van der Waals surface area contributed by atoms with E-state index in [1.54, 1.807) is 31.4 Å². The minimum atomic E-state index is -0.383. The lowest BCUT2D eigenvalue weighted by Gasteiger charge is -2.22. The molecule has 32 heavy (non-hydrogen) atoms. The molecule has 1 aliphatic heterocycles. The zero-order chi connectivity index (χ0) is 22.5. The maximum Gasteiger partial charge on any atom is 0.260 e. The third kappa shape index (κ3) is 5.40. The molecule has 166 valence electrons. The number of hydrogen-bond donors (Lipinski definition) is 1. The third-order valence-corrected chi connectivity index (χ3v) is 7.38. The zero-order valence-electron chi connectivity index (χ0n) is 17.3. The van der Waals surface area contributed by atoms with E-state index in [0.717, 1.165) is 24.3 Å². The van der Waals surface area contributed by atoms with Crippen LogP contribution >= 0.6 is 34.7 Å². The van der Waals surface area contributed by atoms with Crippen molar-refractivity contribution in [2.75, 3.05) is 19.0 Å². The number of methoxy groups -OCH3 is 1. The molecule has 2 heterocycles. The van der Waals surface area contributed by atoms with Crippen molar-refractivity contribution >= 4 is 57.3 Å². The van der Waals surface area contributed by atoms with Gasteiger partial charge in [-0.2, -0.15) is 0 Å². The Hall–Kier alpha value is -2.62. The van der Waals surface area contributed by atoms with Crippen LogP contribution in [0.3, 0.4) is 0 Å². The number of anilines is 2. The maximum atomic E-state index is 13.2. The molecule has 1 aromatic heterocycles. The summed E-state index contributed by atoms with van der Waals surface area (Å²) in [5.74, 6) is 0.255. The van der Waals surface area contributed by atoms with Crippen molar-refractivity contribution < 1.29 is 14.3 Å². The molecular weight excluding hydrogens is 468 g/mol. The predicted molar refractivity (Wildman–Crippen MR) is 127 cm³/mol. The number of halogens is 1. The standard InChI is InChI=1S/C22H21ClN4O3S2/c1-30-17-6-4-5-16(13-17)24-21-25-26-22(32-21)31-18-7-2-3-12-27(20(18)29)19(28)14-8-10-15(23)11-9-14/h4-6,8-11,13,18H,2-3,7,12H2,1H3,(H,24,25). The lowest BCUT2D eigenvalue weighted by Crippen LogP contribution is -2.41. The van der Waals surface area contributed by atoms with Crippen LogP contribution in [0.4, 0.5) is 10.8 Å². The quantitative estimate of drug-likeness (QED) is 0.474. The SMILES string of the molecule is COc1cccc(Nc2nnc(SC3CCCCN(C(=O)c4ccc(Cl)cc4)C3=O)s2)c1. The number of rotatable bonds is 6. The van der Waals surface area contributed by atoms with Gasteiger partial charge in [-0.05, 0) is 49.2 Å². The minimum absolute atomic E-state index is 0.190. The summed E-state index contributed by atoms with van der Waals surface area (Å²) in [6.45, 7) is 0.413. The highest BCUT2D eigenvalue weighted by atomic mass is 35.5. The summed E-state index contributed by atoms with van der Waals surface area (Å²) in [5.41, 5.74) is 1.29. The van der Waals surface area contributed by atoms with E-state index in [1.165, 1.54) is 28.0 Å². The van der Waals surface area contributed by atoms with Gasteiger partial charge >= 0.3 is 0 Å². The molecule has 0 bridgehead atoms. The van der Waals surface area contributed by atoms with Gasteiger partial charge in [0, 0.05) is 28.9 Å². The number of ether oxygens (including phenoxy) is 1. The molecule has 3 aromatic rings. The number of nitrogens with zero attached hydrogens (tertiary/aromatic N) is 3. The molecule has 7 nitrogen and oxygen atoms in total. The minimum Gasteiger partial charge on any atom is -0.497 e. The van der Waals surface area contributed by atoms with Gasteiger partial charge in [0.15, 0.2) is 4.34 Å². The first kappa shape index (κ1) is 22.6. The third-order valence-electron chi connectivity index (χ3n) is 4.95. The van der Waals surface area contributed by atoms with Crippen molar-refractivity contribution in [3.63, 3.8) is 0 Å². The van der Waals surface area contributed by atoms with Gasteiger partial charge in [0.1, 0.15) is 5.75 Å². The summed E-state index contributed by atoms with van der Waals surface area (Å²) in [6.07, 6.45) is 2.33. The number of thioether (sulfide) groups is 1. The first-order valence-corrected chi connectivity index (χ1v) is 12.1. The molecule has 0 aliphatic carbocycles. The van der Waals surface area contributed by atoms with Gasteiger partial charge < -0.3 is 10.1 Å². The van der Waals surface area contributed by atoms with E-state index in [-0.39, 0.29) is 17.1 Å². The Morgan fingerprint density at radius 3 is 2.81 bits per heavy atom. The Morgan fingerprint density at radius 1 is 1.22 bits per heavy atom. The average molecular weight is 489 g/mol. The number of benzene rings is 2. The largest absolute Gasteiger partial charge is 0.497 e. The van der Waals surface area contributed by atoms with Gasteiger partial charge in [-0.25, -0.2) is 0 Å². The van der Waals surface area contributed by atoms with Crippen LogP contribution in [-0.2, 0) is 4.79 Å². The Labute approximate surface area is 199 Å². The van der Waals surface area contributed by atoms with Gasteiger partial charge in [-0.1, -0.05) is 47.2 Å². The number of carbonyl (C=O) groups is 2. The highest BCUT2D eigenvalue weighted by Gasteiger charge is 2.33. The second kappa shape index (κ2) is 10.3. The number of hydrogen-bond acceptors (Lipinski definition) is 8.